The van der Waals surface area contributed by atoms with Crippen molar-refractivity contribution in [1.29, 1.82) is 0 Å². The van der Waals surface area contributed by atoms with E-state index in [1.54, 1.807) is 6.92 Å². The van der Waals surface area contributed by atoms with E-state index >= 15 is 0 Å². The summed E-state index contributed by atoms with van der Waals surface area (Å²) in [7, 11) is 0. The Bertz CT molecular complexity index is 82.4. The third kappa shape index (κ3) is 4.12. The molecule has 0 aliphatic carbocycles. The van der Waals surface area contributed by atoms with Crippen molar-refractivity contribution in [1.82, 2.24) is 0 Å². The van der Waals surface area contributed by atoms with Crippen LogP contribution in [0.5, 0.6) is 0 Å². The number of aldehydes is 1. The van der Waals surface area contributed by atoms with Gasteiger partial charge in [-0.15, -0.1) is 0 Å². The van der Waals surface area contributed by atoms with Crippen LogP contribution < -0.4 is 0 Å². The van der Waals surface area contributed by atoms with E-state index in [1.165, 1.54) is 0 Å². The highest BCUT2D eigenvalue weighted by molar-refractivity contribution is 5.55. The zero-order valence-electron chi connectivity index (χ0n) is 5.45. The molecule has 0 aliphatic heterocycles. The number of hydrogen-bond donors (Lipinski definition) is 2. The highest BCUT2D eigenvalue weighted by Crippen LogP contribution is 1.98. The van der Waals surface area contributed by atoms with E-state index in [2.05, 4.69) is 0 Å². The van der Waals surface area contributed by atoms with Crippen LogP contribution in [-0.2, 0) is 4.79 Å². The molecule has 0 amide bonds. The molecular weight excluding hydrogens is 120 g/mol. The average Bonchev–Trinajstić information content (AvgIpc) is 1.87. The van der Waals surface area contributed by atoms with E-state index in [0.717, 1.165) is 0 Å². The normalized spacial score (nSPS) is 16.8. The van der Waals surface area contributed by atoms with Gasteiger partial charge in [0.1, 0.15) is 12.4 Å². The number of hydrogen-bond acceptors (Lipinski definition) is 3. The van der Waals surface area contributed by atoms with Crippen LogP contribution in [0.25, 0.3) is 0 Å². The summed E-state index contributed by atoms with van der Waals surface area (Å²) in [6.45, 7) is 1.79. The van der Waals surface area contributed by atoms with E-state index in [0.29, 0.717) is 12.7 Å². The first-order valence-electron chi connectivity index (χ1n) is 3.02. The van der Waals surface area contributed by atoms with Gasteiger partial charge in [0.15, 0.2) is 0 Å². The predicted molar refractivity (Wildman–Crippen MR) is 33.0 cm³/mol. The summed E-state index contributed by atoms with van der Waals surface area (Å²) in [6.07, 6.45) is -0.394. The number of rotatable bonds is 4. The molecule has 0 aromatic heterocycles. The summed E-state index contributed by atoms with van der Waals surface area (Å²) >= 11 is 0. The van der Waals surface area contributed by atoms with Crippen molar-refractivity contribution < 1.29 is 15.0 Å². The molecule has 54 valence electrons. The lowest BCUT2D eigenvalue weighted by Gasteiger charge is -2.07. The summed E-state index contributed by atoms with van der Waals surface area (Å²) in [6, 6.07) is 0. The van der Waals surface area contributed by atoms with E-state index in [9.17, 15) is 4.79 Å². The summed E-state index contributed by atoms with van der Waals surface area (Å²) in [5, 5.41) is 17.5. The van der Waals surface area contributed by atoms with Crippen molar-refractivity contribution in [2.45, 2.75) is 32.0 Å². The Morgan fingerprint density at radius 1 is 1.56 bits per heavy atom. The van der Waals surface area contributed by atoms with Gasteiger partial charge in [-0.25, -0.2) is 0 Å². The Kier molecular flexibility index (Phi) is 4.26. The Hall–Kier alpha value is -0.410. The third-order valence-electron chi connectivity index (χ3n) is 1.14. The quantitative estimate of drug-likeness (QED) is 0.517. The van der Waals surface area contributed by atoms with Crippen LogP contribution in [0.4, 0.5) is 0 Å². The van der Waals surface area contributed by atoms with Crippen molar-refractivity contribution in [3.8, 4) is 0 Å². The summed E-state index contributed by atoms with van der Waals surface area (Å²) in [5.74, 6) is 0. The fourth-order valence-electron chi connectivity index (χ4n) is 0.501. The molecule has 3 nitrogen and oxygen atoms in total. The van der Waals surface area contributed by atoms with Crippen LogP contribution in [0.3, 0.4) is 0 Å². The molecule has 0 unspecified atom stereocenters. The lowest BCUT2D eigenvalue weighted by molar-refractivity contribution is -0.116. The van der Waals surface area contributed by atoms with Crippen LogP contribution in [-0.4, -0.2) is 28.7 Å². The summed E-state index contributed by atoms with van der Waals surface area (Å²) in [4.78, 5) is 9.80. The van der Waals surface area contributed by atoms with Gasteiger partial charge in [0.2, 0.25) is 0 Å². The average molecular weight is 132 g/mol. The minimum Gasteiger partial charge on any atom is -0.393 e. The lowest BCUT2D eigenvalue weighted by atomic mass is 10.1. The van der Waals surface area contributed by atoms with Gasteiger partial charge in [-0.3, -0.25) is 0 Å². The Balaban J connectivity index is 3.33. The second kappa shape index (κ2) is 4.47. The molecule has 0 aromatic rings. The first-order valence-corrected chi connectivity index (χ1v) is 3.02. The minimum absolute atomic E-state index is 0.153. The van der Waals surface area contributed by atoms with Crippen LogP contribution >= 0.6 is 0 Å². The van der Waals surface area contributed by atoms with Crippen molar-refractivity contribution >= 4 is 6.29 Å². The van der Waals surface area contributed by atoms with Gasteiger partial charge in [0.25, 0.3) is 0 Å². The SMILES string of the molecule is CC[C@@H](O)C[C@H](O)C=O. The van der Waals surface area contributed by atoms with E-state index < -0.39 is 12.2 Å². The third-order valence-corrected chi connectivity index (χ3v) is 1.14. The molecule has 0 aliphatic rings. The van der Waals surface area contributed by atoms with Gasteiger partial charge in [-0.2, -0.15) is 0 Å². The van der Waals surface area contributed by atoms with Crippen LogP contribution in [0.2, 0.25) is 0 Å². The van der Waals surface area contributed by atoms with Crippen molar-refractivity contribution in [2.75, 3.05) is 0 Å². The van der Waals surface area contributed by atoms with Crippen molar-refractivity contribution in [3.05, 3.63) is 0 Å². The smallest absolute Gasteiger partial charge is 0.148 e. The van der Waals surface area contributed by atoms with Crippen molar-refractivity contribution in [3.63, 3.8) is 0 Å². The molecule has 0 spiro atoms. The molecule has 0 bridgehead atoms. The second-order valence-electron chi connectivity index (χ2n) is 2.00. The van der Waals surface area contributed by atoms with E-state index in [4.69, 9.17) is 10.2 Å². The molecule has 0 aromatic carbocycles. The molecule has 0 rings (SSSR count). The maximum Gasteiger partial charge on any atom is 0.148 e. The molecule has 2 N–H and O–H groups in total. The molecule has 2 atom stereocenters. The highest BCUT2D eigenvalue weighted by Gasteiger charge is 2.07. The molecule has 0 saturated heterocycles. The van der Waals surface area contributed by atoms with Gasteiger partial charge in [-0.1, -0.05) is 6.92 Å². The topological polar surface area (TPSA) is 57.5 Å². The van der Waals surface area contributed by atoms with Crippen LogP contribution in [0.1, 0.15) is 19.8 Å². The molecular formula is C6H12O3. The molecule has 9 heavy (non-hydrogen) atoms. The Labute approximate surface area is 54.3 Å². The van der Waals surface area contributed by atoms with Gasteiger partial charge < -0.3 is 15.0 Å². The largest absolute Gasteiger partial charge is 0.393 e. The van der Waals surface area contributed by atoms with Gasteiger partial charge in [0.05, 0.1) is 6.10 Å². The zero-order chi connectivity index (χ0) is 7.28. The first kappa shape index (κ1) is 8.59. The molecule has 0 saturated carbocycles. The maximum atomic E-state index is 9.80. The number of aliphatic hydroxyl groups excluding tert-OH is 2. The summed E-state index contributed by atoms with van der Waals surface area (Å²) < 4.78 is 0. The molecule has 3 heteroatoms. The van der Waals surface area contributed by atoms with Crippen molar-refractivity contribution in [2.24, 2.45) is 0 Å². The number of aliphatic hydroxyl groups is 2. The van der Waals surface area contributed by atoms with Gasteiger partial charge in [-0.05, 0) is 6.42 Å². The molecule has 0 fully saturated rings. The van der Waals surface area contributed by atoms with Crippen LogP contribution in [0, 0.1) is 0 Å². The number of carbonyl (C=O) groups is 1. The molecule has 0 radical (unpaired) electrons. The van der Waals surface area contributed by atoms with E-state index in [-0.39, 0.29) is 6.42 Å². The predicted octanol–water partition coefficient (Wildman–Crippen LogP) is -0.293. The standard InChI is InChI=1S/C6H12O3/c1-2-5(8)3-6(9)4-7/h4-6,8-9H,2-3H2,1H3/t5-,6+/m1/s1. The Morgan fingerprint density at radius 3 is 2.44 bits per heavy atom. The zero-order valence-corrected chi connectivity index (χ0v) is 5.45. The monoisotopic (exact) mass is 132 g/mol. The lowest BCUT2D eigenvalue weighted by Crippen LogP contribution is -2.17. The highest BCUT2D eigenvalue weighted by atomic mass is 16.3. The Morgan fingerprint density at radius 2 is 2.11 bits per heavy atom. The number of carbonyl (C=O) groups excluding carboxylic acids is 1. The first-order chi connectivity index (χ1) is 4.20. The van der Waals surface area contributed by atoms with Gasteiger partial charge in [0, 0.05) is 6.42 Å². The maximum absolute atomic E-state index is 9.80. The fourth-order valence-corrected chi connectivity index (χ4v) is 0.501. The molecule has 0 heterocycles. The van der Waals surface area contributed by atoms with E-state index in [1.807, 2.05) is 0 Å². The second-order valence-corrected chi connectivity index (χ2v) is 2.00. The fraction of sp³-hybridized carbons (Fsp3) is 0.833. The van der Waals surface area contributed by atoms with Gasteiger partial charge >= 0.3 is 0 Å². The summed E-state index contributed by atoms with van der Waals surface area (Å²) in [5.41, 5.74) is 0. The van der Waals surface area contributed by atoms with Crippen LogP contribution in [0.15, 0.2) is 0 Å². The minimum atomic E-state index is -1.00.